The molecule has 0 amide bonds. The van der Waals surface area contributed by atoms with Gasteiger partial charge in [0.2, 0.25) is 5.95 Å². The van der Waals surface area contributed by atoms with Gasteiger partial charge in [-0.1, -0.05) is 6.92 Å². The third-order valence-corrected chi connectivity index (χ3v) is 4.56. The normalized spacial score (nSPS) is 15.7. The summed E-state index contributed by atoms with van der Waals surface area (Å²) in [7, 11) is 2.05. The van der Waals surface area contributed by atoms with Crippen LogP contribution in [-0.2, 0) is 6.42 Å². The van der Waals surface area contributed by atoms with Crippen LogP contribution in [0.4, 0.5) is 11.8 Å². The number of nitrogens with zero attached hydrogens (tertiary/aromatic N) is 5. The molecule has 1 saturated heterocycles. The summed E-state index contributed by atoms with van der Waals surface area (Å²) in [4.78, 5) is 17.8. The molecule has 0 unspecified atom stereocenters. The van der Waals surface area contributed by atoms with Gasteiger partial charge in [-0.3, -0.25) is 4.98 Å². The summed E-state index contributed by atoms with van der Waals surface area (Å²) in [6.45, 7) is 5.41. The lowest BCUT2D eigenvalue weighted by Gasteiger charge is -2.31. The number of piperidine rings is 1. The number of likely N-dealkylation sites (N-methyl/N-ethyl adjacent to an activating group) is 1. The van der Waals surface area contributed by atoms with Crippen molar-refractivity contribution < 1.29 is 0 Å². The van der Waals surface area contributed by atoms with Gasteiger partial charge in [0.25, 0.3) is 0 Å². The molecule has 3 rings (SSSR count). The zero-order valence-electron chi connectivity index (χ0n) is 14.0. The molecule has 0 saturated carbocycles. The third-order valence-electron chi connectivity index (χ3n) is 4.56. The van der Waals surface area contributed by atoms with Crippen molar-refractivity contribution in [1.82, 2.24) is 15.0 Å². The molecule has 0 aromatic carbocycles. The van der Waals surface area contributed by atoms with E-state index in [9.17, 15) is 0 Å². The second-order valence-electron chi connectivity index (χ2n) is 6.41. The van der Waals surface area contributed by atoms with Crippen molar-refractivity contribution in [3.05, 3.63) is 42.4 Å². The summed E-state index contributed by atoms with van der Waals surface area (Å²) in [5, 5.41) is 0. The van der Waals surface area contributed by atoms with E-state index in [1.807, 2.05) is 24.7 Å². The first-order valence-electron chi connectivity index (χ1n) is 8.40. The average molecular weight is 311 g/mol. The van der Waals surface area contributed by atoms with Crippen LogP contribution < -0.4 is 9.80 Å². The molecule has 2 aromatic heterocycles. The maximum Gasteiger partial charge on any atom is 0.227 e. The van der Waals surface area contributed by atoms with Crippen LogP contribution in [-0.4, -0.2) is 41.6 Å². The van der Waals surface area contributed by atoms with Crippen molar-refractivity contribution in [3.63, 3.8) is 0 Å². The van der Waals surface area contributed by atoms with Crippen molar-refractivity contribution in [2.75, 3.05) is 36.5 Å². The van der Waals surface area contributed by atoms with E-state index < -0.39 is 0 Å². The summed E-state index contributed by atoms with van der Waals surface area (Å²) < 4.78 is 0. The Balaban J connectivity index is 1.62. The molecule has 0 N–H and O–H groups in total. The molecule has 0 bridgehead atoms. The number of pyridine rings is 1. The maximum absolute atomic E-state index is 4.76. The van der Waals surface area contributed by atoms with E-state index in [0.29, 0.717) is 0 Å². The highest BCUT2D eigenvalue weighted by molar-refractivity contribution is 5.43. The van der Waals surface area contributed by atoms with Crippen LogP contribution in [0.1, 0.15) is 25.3 Å². The molecule has 3 heterocycles. The van der Waals surface area contributed by atoms with Gasteiger partial charge in [-0.15, -0.1) is 0 Å². The molecule has 0 radical (unpaired) electrons. The Morgan fingerprint density at radius 2 is 1.87 bits per heavy atom. The third kappa shape index (κ3) is 4.18. The van der Waals surface area contributed by atoms with Crippen LogP contribution >= 0.6 is 0 Å². The lowest BCUT2D eigenvalue weighted by molar-refractivity contribution is 0.436. The first-order chi connectivity index (χ1) is 11.2. The lowest BCUT2D eigenvalue weighted by atomic mass is 9.99. The summed E-state index contributed by atoms with van der Waals surface area (Å²) in [5.41, 5.74) is 1.29. The quantitative estimate of drug-likeness (QED) is 0.849. The highest BCUT2D eigenvalue weighted by Crippen LogP contribution is 2.22. The topological polar surface area (TPSA) is 45.2 Å². The molecular weight excluding hydrogens is 286 g/mol. The van der Waals surface area contributed by atoms with Gasteiger partial charge in [-0.25, -0.2) is 4.98 Å². The second-order valence-corrected chi connectivity index (χ2v) is 6.41. The number of hydrogen-bond donors (Lipinski definition) is 0. The van der Waals surface area contributed by atoms with Crippen molar-refractivity contribution in [1.29, 1.82) is 0 Å². The summed E-state index contributed by atoms with van der Waals surface area (Å²) in [5.74, 6) is 2.68. The molecule has 1 fully saturated rings. The van der Waals surface area contributed by atoms with E-state index in [4.69, 9.17) is 4.98 Å². The van der Waals surface area contributed by atoms with Gasteiger partial charge in [-0.05, 0) is 48.9 Å². The molecule has 0 aliphatic carbocycles. The second kappa shape index (κ2) is 7.40. The molecule has 1 aliphatic rings. The van der Waals surface area contributed by atoms with Crippen LogP contribution in [0.3, 0.4) is 0 Å². The Hall–Kier alpha value is -2.17. The van der Waals surface area contributed by atoms with Gasteiger partial charge in [0, 0.05) is 45.3 Å². The van der Waals surface area contributed by atoms with Crippen LogP contribution in [0.15, 0.2) is 36.8 Å². The molecule has 0 atom stereocenters. The zero-order valence-corrected chi connectivity index (χ0v) is 14.0. The number of aromatic nitrogens is 3. The van der Waals surface area contributed by atoms with Crippen molar-refractivity contribution in [2.24, 2.45) is 5.92 Å². The highest BCUT2D eigenvalue weighted by atomic mass is 15.3. The Morgan fingerprint density at radius 3 is 2.61 bits per heavy atom. The number of hydrogen-bond acceptors (Lipinski definition) is 5. The Morgan fingerprint density at radius 1 is 1.13 bits per heavy atom. The fraction of sp³-hybridized carbons (Fsp3) is 0.500. The summed E-state index contributed by atoms with van der Waals surface area (Å²) in [6.07, 6.45) is 9.01. The molecule has 5 heteroatoms. The van der Waals surface area contributed by atoms with Crippen molar-refractivity contribution >= 4 is 11.8 Å². The van der Waals surface area contributed by atoms with Crippen molar-refractivity contribution in [3.8, 4) is 0 Å². The molecule has 1 aliphatic heterocycles. The number of anilines is 2. The first-order valence-corrected chi connectivity index (χ1v) is 8.40. The van der Waals surface area contributed by atoms with Gasteiger partial charge in [0.05, 0.1) is 0 Å². The van der Waals surface area contributed by atoms with E-state index in [2.05, 4.69) is 45.9 Å². The predicted octanol–water partition coefficient (Wildman–Crippen LogP) is 2.79. The molecule has 23 heavy (non-hydrogen) atoms. The summed E-state index contributed by atoms with van der Waals surface area (Å²) >= 11 is 0. The smallest absolute Gasteiger partial charge is 0.227 e. The molecule has 0 spiro atoms. The van der Waals surface area contributed by atoms with E-state index in [1.165, 1.54) is 18.4 Å². The van der Waals surface area contributed by atoms with Crippen LogP contribution in [0, 0.1) is 5.92 Å². The van der Waals surface area contributed by atoms with Crippen LogP contribution in [0.25, 0.3) is 0 Å². The SMILES string of the molecule is CC1CCN(c2ccnc(N(C)CCc3ccncc3)n2)CC1. The minimum absolute atomic E-state index is 0.801. The highest BCUT2D eigenvalue weighted by Gasteiger charge is 2.17. The largest absolute Gasteiger partial charge is 0.356 e. The van der Waals surface area contributed by atoms with E-state index in [1.54, 1.807) is 0 Å². The average Bonchev–Trinajstić information content (AvgIpc) is 2.61. The van der Waals surface area contributed by atoms with Crippen molar-refractivity contribution in [2.45, 2.75) is 26.2 Å². The Kier molecular flexibility index (Phi) is 5.05. The van der Waals surface area contributed by atoms with Gasteiger partial charge in [-0.2, -0.15) is 4.98 Å². The summed E-state index contributed by atoms with van der Waals surface area (Å²) in [6, 6.07) is 6.14. The first kappa shape index (κ1) is 15.7. The van der Waals surface area contributed by atoms with Crippen LogP contribution in [0.2, 0.25) is 0 Å². The van der Waals surface area contributed by atoms with Gasteiger partial charge >= 0.3 is 0 Å². The lowest BCUT2D eigenvalue weighted by Crippen LogP contribution is -2.34. The van der Waals surface area contributed by atoms with Crippen LogP contribution in [0.5, 0.6) is 0 Å². The monoisotopic (exact) mass is 311 g/mol. The Bertz CT molecular complexity index is 608. The predicted molar refractivity (Wildman–Crippen MR) is 93.9 cm³/mol. The number of rotatable bonds is 5. The van der Waals surface area contributed by atoms with Gasteiger partial charge in [0.15, 0.2) is 0 Å². The molecule has 122 valence electrons. The fourth-order valence-corrected chi connectivity index (χ4v) is 2.88. The van der Waals surface area contributed by atoms with Gasteiger partial charge in [0.1, 0.15) is 5.82 Å². The minimum atomic E-state index is 0.801. The maximum atomic E-state index is 4.76. The van der Waals surface area contributed by atoms with E-state index in [-0.39, 0.29) is 0 Å². The molecule has 5 nitrogen and oxygen atoms in total. The Labute approximate surface area is 138 Å². The van der Waals surface area contributed by atoms with E-state index in [0.717, 1.165) is 43.7 Å². The van der Waals surface area contributed by atoms with E-state index >= 15 is 0 Å². The minimum Gasteiger partial charge on any atom is -0.356 e. The molecular formula is C18H25N5. The van der Waals surface area contributed by atoms with Gasteiger partial charge < -0.3 is 9.80 Å². The standard InChI is InChI=1S/C18H25N5/c1-15-6-13-23(14-7-15)17-5-11-20-18(21-17)22(2)12-8-16-3-9-19-10-4-16/h3-5,9-11,15H,6-8,12-14H2,1-2H3. The zero-order chi connectivity index (χ0) is 16.1. The fourth-order valence-electron chi connectivity index (χ4n) is 2.88. The molecule has 2 aromatic rings.